The molecule has 0 aliphatic carbocycles. The van der Waals surface area contributed by atoms with Crippen LogP contribution in [0.4, 0.5) is 23.2 Å². The van der Waals surface area contributed by atoms with Gasteiger partial charge in [-0.3, -0.25) is 4.99 Å². The second-order valence-electron chi connectivity index (χ2n) is 3.51. The molecular formula is C11H12F4N4. The highest BCUT2D eigenvalue weighted by Gasteiger charge is 2.35. The minimum atomic E-state index is -4.73. The SMILES string of the molecule is CN=CN=C(N)c1cc(NC)c(F)cc1C(F)(F)F. The zero-order valence-electron chi connectivity index (χ0n) is 10.2. The van der Waals surface area contributed by atoms with E-state index in [0.29, 0.717) is 6.07 Å². The topological polar surface area (TPSA) is 62.8 Å². The molecule has 0 bridgehead atoms. The summed E-state index contributed by atoms with van der Waals surface area (Å²) >= 11 is 0. The van der Waals surface area contributed by atoms with Crippen LogP contribution in [0.2, 0.25) is 0 Å². The van der Waals surface area contributed by atoms with E-state index in [9.17, 15) is 17.6 Å². The third-order valence-electron chi connectivity index (χ3n) is 2.27. The second-order valence-corrected chi connectivity index (χ2v) is 3.51. The summed E-state index contributed by atoms with van der Waals surface area (Å²) in [6.45, 7) is 0. The van der Waals surface area contributed by atoms with Crippen LogP contribution < -0.4 is 11.1 Å². The Labute approximate surface area is 107 Å². The molecule has 0 aliphatic heterocycles. The van der Waals surface area contributed by atoms with Crippen LogP contribution in [0.25, 0.3) is 0 Å². The molecule has 0 saturated heterocycles. The minimum Gasteiger partial charge on any atom is -0.386 e. The lowest BCUT2D eigenvalue weighted by molar-refractivity contribution is -0.137. The van der Waals surface area contributed by atoms with Gasteiger partial charge in [0.15, 0.2) is 0 Å². The van der Waals surface area contributed by atoms with Crippen molar-refractivity contribution in [3.63, 3.8) is 0 Å². The van der Waals surface area contributed by atoms with E-state index in [1.165, 1.54) is 14.1 Å². The maximum atomic E-state index is 13.4. The van der Waals surface area contributed by atoms with Crippen molar-refractivity contribution in [2.24, 2.45) is 15.7 Å². The monoisotopic (exact) mass is 276 g/mol. The Bertz CT molecular complexity index is 520. The van der Waals surface area contributed by atoms with Gasteiger partial charge in [0.2, 0.25) is 0 Å². The Balaban J connectivity index is 3.50. The molecule has 1 aromatic rings. The molecule has 0 fully saturated rings. The Morgan fingerprint density at radius 2 is 2.00 bits per heavy atom. The number of amidine groups is 1. The summed E-state index contributed by atoms with van der Waals surface area (Å²) in [5.74, 6) is -1.41. The van der Waals surface area contributed by atoms with Gasteiger partial charge in [0, 0.05) is 19.7 Å². The summed E-state index contributed by atoms with van der Waals surface area (Å²) < 4.78 is 51.9. The van der Waals surface area contributed by atoms with Crippen molar-refractivity contribution in [2.45, 2.75) is 6.18 Å². The van der Waals surface area contributed by atoms with E-state index in [-0.39, 0.29) is 5.69 Å². The first kappa shape index (κ1) is 14.9. The molecule has 0 spiro atoms. The lowest BCUT2D eigenvalue weighted by atomic mass is 10.0. The number of nitrogens with one attached hydrogen (secondary N) is 1. The first-order valence-corrected chi connectivity index (χ1v) is 5.14. The van der Waals surface area contributed by atoms with Crippen molar-refractivity contribution in [1.29, 1.82) is 0 Å². The highest BCUT2D eigenvalue weighted by molar-refractivity contribution is 6.03. The molecule has 3 N–H and O–H groups in total. The predicted octanol–water partition coefficient (Wildman–Crippen LogP) is 2.25. The third kappa shape index (κ3) is 3.43. The summed E-state index contributed by atoms with van der Waals surface area (Å²) in [5.41, 5.74) is 3.77. The van der Waals surface area contributed by atoms with E-state index in [1.54, 1.807) is 0 Å². The van der Waals surface area contributed by atoms with Crippen LogP contribution in [0.5, 0.6) is 0 Å². The number of hydrogen-bond acceptors (Lipinski definition) is 2. The van der Waals surface area contributed by atoms with Gasteiger partial charge in [-0.05, 0) is 12.1 Å². The van der Waals surface area contributed by atoms with Crippen LogP contribution in [0.1, 0.15) is 11.1 Å². The molecular weight excluding hydrogens is 264 g/mol. The van der Waals surface area contributed by atoms with E-state index >= 15 is 0 Å². The van der Waals surface area contributed by atoms with Gasteiger partial charge in [0.25, 0.3) is 0 Å². The Morgan fingerprint density at radius 3 is 2.47 bits per heavy atom. The maximum Gasteiger partial charge on any atom is 0.417 e. The van der Waals surface area contributed by atoms with Crippen LogP contribution >= 0.6 is 0 Å². The van der Waals surface area contributed by atoms with E-state index in [1.807, 2.05) is 0 Å². The molecule has 1 rings (SSSR count). The molecule has 0 aromatic heterocycles. The first-order valence-electron chi connectivity index (χ1n) is 5.14. The largest absolute Gasteiger partial charge is 0.417 e. The summed E-state index contributed by atoms with van der Waals surface area (Å²) in [6, 6.07) is 1.34. The number of benzene rings is 1. The first-order chi connectivity index (χ1) is 8.81. The zero-order valence-corrected chi connectivity index (χ0v) is 10.2. The number of alkyl halides is 3. The number of hydrogen-bond donors (Lipinski definition) is 2. The number of aliphatic imine (C=N–C) groups is 2. The van der Waals surface area contributed by atoms with E-state index in [4.69, 9.17) is 5.73 Å². The van der Waals surface area contributed by atoms with Crippen LogP contribution in [0, 0.1) is 5.82 Å². The molecule has 0 atom stereocenters. The number of nitrogens with zero attached hydrogens (tertiary/aromatic N) is 2. The Hall–Kier alpha value is -2.12. The fraction of sp³-hybridized carbons (Fsp3) is 0.273. The lowest BCUT2D eigenvalue weighted by Crippen LogP contribution is -2.21. The summed E-state index contributed by atoms with van der Waals surface area (Å²) in [5, 5.41) is 2.44. The molecule has 1 aromatic carbocycles. The van der Waals surface area contributed by atoms with Crippen LogP contribution in [0.3, 0.4) is 0 Å². The highest BCUT2D eigenvalue weighted by atomic mass is 19.4. The van der Waals surface area contributed by atoms with E-state index in [0.717, 1.165) is 12.4 Å². The lowest BCUT2D eigenvalue weighted by Gasteiger charge is -2.14. The average Bonchev–Trinajstić information content (AvgIpc) is 2.34. The maximum absolute atomic E-state index is 13.4. The number of anilines is 1. The smallest absolute Gasteiger partial charge is 0.386 e. The Kier molecular flexibility index (Phi) is 4.47. The van der Waals surface area contributed by atoms with Gasteiger partial charge in [-0.1, -0.05) is 0 Å². The quantitative estimate of drug-likeness (QED) is 0.505. The molecule has 19 heavy (non-hydrogen) atoms. The van der Waals surface area contributed by atoms with Gasteiger partial charge in [0.1, 0.15) is 18.0 Å². The standard InChI is InChI=1S/C11H12F4N4/c1-17-5-19-10(16)6-3-9(18-2)8(12)4-7(6)11(13,14)15/h3-5,18H,1-2H3,(H2,16,17,19). The molecule has 0 amide bonds. The van der Waals surface area contributed by atoms with Gasteiger partial charge < -0.3 is 11.1 Å². The molecule has 104 valence electrons. The Morgan fingerprint density at radius 1 is 1.37 bits per heavy atom. The molecule has 8 heteroatoms. The zero-order chi connectivity index (χ0) is 14.6. The normalized spacial score (nSPS) is 13.1. The average molecular weight is 276 g/mol. The van der Waals surface area contributed by atoms with Crippen molar-refractivity contribution in [3.05, 3.63) is 29.1 Å². The molecule has 0 aliphatic rings. The van der Waals surface area contributed by atoms with Gasteiger partial charge in [-0.25, -0.2) is 9.38 Å². The number of halogens is 4. The fourth-order valence-corrected chi connectivity index (χ4v) is 1.40. The third-order valence-corrected chi connectivity index (χ3v) is 2.27. The molecule has 0 heterocycles. The van der Waals surface area contributed by atoms with Crippen molar-refractivity contribution in [1.82, 2.24) is 0 Å². The van der Waals surface area contributed by atoms with Gasteiger partial charge >= 0.3 is 6.18 Å². The van der Waals surface area contributed by atoms with Crippen LogP contribution in [0.15, 0.2) is 22.1 Å². The van der Waals surface area contributed by atoms with Crippen LogP contribution in [-0.2, 0) is 6.18 Å². The van der Waals surface area contributed by atoms with Crippen molar-refractivity contribution in [3.8, 4) is 0 Å². The van der Waals surface area contributed by atoms with E-state index < -0.39 is 29.0 Å². The van der Waals surface area contributed by atoms with Crippen molar-refractivity contribution < 1.29 is 17.6 Å². The van der Waals surface area contributed by atoms with E-state index in [2.05, 4.69) is 15.3 Å². The molecule has 0 unspecified atom stereocenters. The summed E-state index contributed by atoms with van der Waals surface area (Å²) in [6.07, 6.45) is -3.72. The van der Waals surface area contributed by atoms with Gasteiger partial charge in [-0.15, -0.1) is 0 Å². The summed E-state index contributed by atoms with van der Waals surface area (Å²) in [4.78, 5) is 7.03. The second kappa shape index (κ2) is 5.68. The van der Waals surface area contributed by atoms with Gasteiger partial charge in [-0.2, -0.15) is 13.2 Å². The number of rotatable bonds is 3. The minimum absolute atomic E-state index is 0.102. The van der Waals surface area contributed by atoms with Gasteiger partial charge in [0.05, 0.1) is 11.3 Å². The fourth-order valence-electron chi connectivity index (χ4n) is 1.40. The van der Waals surface area contributed by atoms with Crippen molar-refractivity contribution in [2.75, 3.05) is 19.4 Å². The predicted molar refractivity (Wildman–Crippen MR) is 66.1 cm³/mol. The van der Waals surface area contributed by atoms with Crippen molar-refractivity contribution >= 4 is 17.9 Å². The highest BCUT2D eigenvalue weighted by Crippen LogP contribution is 2.34. The molecule has 0 radical (unpaired) electrons. The number of nitrogens with two attached hydrogens (primary N) is 1. The van der Waals surface area contributed by atoms with Crippen LogP contribution in [-0.4, -0.2) is 26.3 Å². The molecule has 4 nitrogen and oxygen atoms in total. The molecule has 0 saturated carbocycles. The summed E-state index contributed by atoms with van der Waals surface area (Å²) in [7, 11) is 2.78.